The molecule has 4 rings (SSSR count). The molecule has 4 aromatic rings. The lowest BCUT2D eigenvalue weighted by molar-refractivity contribution is 0.0944. The Morgan fingerprint density at radius 1 is 1.18 bits per heavy atom. The molecule has 33 heavy (non-hydrogen) atoms. The van der Waals surface area contributed by atoms with E-state index in [1.807, 2.05) is 0 Å². The summed E-state index contributed by atoms with van der Waals surface area (Å²) in [6.07, 6.45) is -1.05. The van der Waals surface area contributed by atoms with Gasteiger partial charge in [-0.1, -0.05) is 18.2 Å². The second kappa shape index (κ2) is 8.56. The molecular weight excluding hydrogens is 426 g/mol. The molecule has 9 heteroatoms. The standard InChI is InChI=1S/C24H22F2N6O/c1-14-10-16(11-18(29-14)22(25)26)20-21(17-7-5-4-6-15(17)12-27)31-32-9-8-19(30-23(20)32)28-13-24(2,3)33/h4-11,22,33H,13H2,1-3H3,(H,28,30). The first-order valence-electron chi connectivity index (χ1n) is 10.3. The zero-order valence-electron chi connectivity index (χ0n) is 18.3. The Bertz CT molecular complexity index is 1370. The first-order chi connectivity index (χ1) is 15.7. The van der Waals surface area contributed by atoms with E-state index in [0.717, 1.165) is 0 Å². The lowest BCUT2D eigenvalue weighted by atomic mass is 9.97. The number of benzene rings is 1. The molecule has 0 aliphatic carbocycles. The van der Waals surface area contributed by atoms with Gasteiger partial charge in [-0.15, -0.1) is 0 Å². The molecule has 0 atom stereocenters. The van der Waals surface area contributed by atoms with Crippen molar-refractivity contribution in [1.29, 1.82) is 5.26 Å². The van der Waals surface area contributed by atoms with Crippen LogP contribution in [0.25, 0.3) is 28.0 Å². The molecule has 0 saturated heterocycles. The summed E-state index contributed by atoms with van der Waals surface area (Å²) in [5.41, 5.74) is 1.96. The van der Waals surface area contributed by atoms with Crippen LogP contribution in [-0.2, 0) is 0 Å². The van der Waals surface area contributed by atoms with Crippen molar-refractivity contribution in [3.05, 3.63) is 65.6 Å². The number of aromatic nitrogens is 4. The fraction of sp³-hybridized carbons (Fsp3) is 0.250. The summed E-state index contributed by atoms with van der Waals surface area (Å²) in [7, 11) is 0. The molecule has 0 saturated carbocycles. The number of nitrogens with one attached hydrogen (secondary N) is 1. The predicted octanol–water partition coefficient (Wildman–Crippen LogP) is 4.76. The van der Waals surface area contributed by atoms with Gasteiger partial charge in [-0.05, 0) is 50.6 Å². The van der Waals surface area contributed by atoms with Gasteiger partial charge in [0.1, 0.15) is 17.2 Å². The van der Waals surface area contributed by atoms with Crippen molar-refractivity contribution < 1.29 is 13.9 Å². The molecule has 0 fully saturated rings. The van der Waals surface area contributed by atoms with Crippen LogP contribution in [-0.4, -0.2) is 36.8 Å². The second-order valence-corrected chi connectivity index (χ2v) is 8.35. The number of nitriles is 1. The van der Waals surface area contributed by atoms with Crippen molar-refractivity contribution >= 4 is 11.5 Å². The normalized spacial score (nSPS) is 11.7. The summed E-state index contributed by atoms with van der Waals surface area (Å²) in [6.45, 7) is 5.25. The van der Waals surface area contributed by atoms with Crippen molar-refractivity contribution in [2.75, 3.05) is 11.9 Å². The van der Waals surface area contributed by atoms with Crippen LogP contribution in [0.15, 0.2) is 48.7 Å². The highest BCUT2D eigenvalue weighted by molar-refractivity contribution is 5.92. The maximum Gasteiger partial charge on any atom is 0.280 e. The first-order valence-corrected chi connectivity index (χ1v) is 10.3. The lowest BCUT2D eigenvalue weighted by Crippen LogP contribution is -2.29. The van der Waals surface area contributed by atoms with Gasteiger partial charge < -0.3 is 10.4 Å². The van der Waals surface area contributed by atoms with Crippen molar-refractivity contribution in [1.82, 2.24) is 19.6 Å². The van der Waals surface area contributed by atoms with Gasteiger partial charge in [0.2, 0.25) is 0 Å². The molecule has 0 aliphatic heterocycles. The van der Waals surface area contributed by atoms with Gasteiger partial charge in [0.15, 0.2) is 5.65 Å². The van der Waals surface area contributed by atoms with E-state index in [1.54, 1.807) is 67.9 Å². The number of rotatable bonds is 6. The molecular formula is C24H22F2N6O. The number of alkyl halides is 2. The number of aryl methyl sites for hydroxylation is 1. The predicted molar refractivity (Wildman–Crippen MR) is 121 cm³/mol. The average molecular weight is 448 g/mol. The van der Waals surface area contributed by atoms with Crippen molar-refractivity contribution in [3.63, 3.8) is 0 Å². The first kappa shape index (κ1) is 22.3. The monoisotopic (exact) mass is 448 g/mol. The molecule has 2 N–H and O–H groups in total. The number of hydrogen-bond acceptors (Lipinski definition) is 6. The van der Waals surface area contributed by atoms with E-state index in [2.05, 4.69) is 26.5 Å². The van der Waals surface area contributed by atoms with E-state index >= 15 is 0 Å². The van der Waals surface area contributed by atoms with Crippen LogP contribution in [0.1, 0.15) is 37.2 Å². The molecule has 0 spiro atoms. The number of pyridine rings is 1. The van der Waals surface area contributed by atoms with Crippen LogP contribution in [0.2, 0.25) is 0 Å². The van der Waals surface area contributed by atoms with Crippen LogP contribution in [0.3, 0.4) is 0 Å². The second-order valence-electron chi connectivity index (χ2n) is 8.35. The number of halogens is 2. The minimum absolute atomic E-state index is 0.258. The van der Waals surface area contributed by atoms with Crippen molar-refractivity contribution in [3.8, 4) is 28.5 Å². The SMILES string of the molecule is Cc1cc(-c2c(-c3ccccc3C#N)nn3ccc(NCC(C)(C)O)nc23)cc(C(F)F)n1. The number of anilines is 1. The molecule has 0 bridgehead atoms. The highest BCUT2D eigenvalue weighted by Gasteiger charge is 2.22. The van der Waals surface area contributed by atoms with Gasteiger partial charge >= 0.3 is 0 Å². The summed E-state index contributed by atoms with van der Waals surface area (Å²) in [6, 6.07) is 13.9. The van der Waals surface area contributed by atoms with Gasteiger partial charge in [0.25, 0.3) is 6.43 Å². The van der Waals surface area contributed by atoms with Crippen molar-refractivity contribution in [2.45, 2.75) is 32.8 Å². The zero-order chi connectivity index (χ0) is 23.8. The average Bonchev–Trinajstić information content (AvgIpc) is 3.15. The Morgan fingerprint density at radius 3 is 2.64 bits per heavy atom. The van der Waals surface area contributed by atoms with E-state index in [4.69, 9.17) is 0 Å². The molecule has 1 aromatic carbocycles. The maximum atomic E-state index is 13.5. The quantitative estimate of drug-likeness (QED) is 0.441. The van der Waals surface area contributed by atoms with Crippen LogP contribution in [0, 0.1) is 18.3 Å². The van der Waals surface area contributed by atoms with E-state index in [9.17, 15) is 19.1 Å². The summed E-state index contributed by atoms with van der Waals surface area (Å²) >= 11 is 0. The van der Waals surface area contributed by atoms with E-state index in [0.29, 0.717) is 45.1 Å². The van der Waals surface area contributed by atoms with E-state index in [-0.39, 0.29) is 12.2 Å². The number of aliphatic hydroxyl groups is 1. The van der Waals surface area contributed by atoms with Crippen molar-refractivity contribution in [2.24, 2.45) is 0 Å². The molecule has 3 aromatic heterocycles. The molecule has 0 amide bonds. The number of fused-ring (bicyclic) bond motifs is 1. The molecule has 7 nitrogen and oxygen atoms in total. The Hall–Kier alpha value is -3.90. The van der Waals surface area contributed by atoms with Gasteiger partial charge in [-0.3, -0.25) is 4.98 Å². The summed E-state index contributed by atoms with van der Waals surface area (Å²) in [5, 5.41) is 27.4. The van der Waals surface area contributed by atoms with E-state index in [1.165, 1.54) is 6.07 Å². The third kappa shape index (κ3) is 4.66. The Balaban J connectivity index is 1.99. The largest absolute Gasteiger partial charge is 0.389 e. The molecule has 0 radical (unpaired) electrons. The van der Waals surface area contributed by atoms with Crippen LogP contribution < -0.4 is 5.32 Å². The molecule has 0 aliphatic rings. The summed E-state index contributed by atoms with van der Waals surface area (Å²) < 4.78 is 28.6. The fourth-order valence-electron chi connectivity index (χ4n) is 3.53. The fourth-order valence-corrected chi connectivity index (χ4v) is 3.53. The van der Waals surface area contributed by atoms with Crippen LogP contribution in [0.4, 0.5) is 14.6 Å². The summed E-state index contributed by atoms with van der Waals surface area (Å²) in [4.78, 5) is 8.59. The molecule has 168 valence electrons. The summed E-state index contributed by atoms with van der Waals surface area (Å²) in [5.74, 6) is 0.491. The van der Waals surface area contributed by atoms with Gasteiger partial charge in [-0.25, -0.2) is 18.3 Å². The zero-order valence-corrected chi connectivity index (χ0v) is 18.3. The van der Waals surface area contributed by atoms with Gasteiger partial charge in [-0.2, -0.15) is 10.4 Å². The number of hydrogen-bond donors (Lipinski definition) is 2. The van der Waals surface area contributed by atoms with Gasteiger partial charge in [0.05, 0.1) is 22.8 Å². The highest BCUT2D eigenvalue weighted by atomic mass is 19.3. The van der Waals surface area contributed by atoms with Gasteiger partial charge in [0, 0.05) is 24.0 Å². The minimum Gasteiger partial charge on any atom is -0.389 e. The van der Waals surface area contributed by atoms with Crippen LogP contribution in [0.5, 0.6) is 0 Å². The van der Waals surface area contributed by atoms with Crippen LogP contribution >= 0.6 is 0 Å². The molecule has 0 unspecified atom stereocenters. The smallest absolute Gasteiger partial charge is 0.280 e. The topological polar surface area (TPSA) is 99.1 Å². The Morgan fingerprint density at radius 2 is 1.94 bits per heavy atom. The third-order valence-corrected chi connectivity index (χ3v) is 4.98. The lowest BCUT2D eigenvalue weighted by Gasteiger charge is -2.18. The number of nitrogens with zero attached hydrogens (tertiary/aromatic N) is 5. The Kier molecular flexibility index (Phi) is 5.78. The third-order valence-electron chi connectivity index (χ3n) is 4.98. The minimum atomic E-state index is -2.74. The van der Waals surface area contributed by atoms with E-state index < -0.39 is 12.0 Å². The molecule has 3 heterocycles. The maximum absolute atomic E-state index is 13.5. The Labute approximate surface area is 189 Å². The highest BCUT2D eigenvalue weighted by Crippen LogP contribution is 2.37.